The van der Waals surface area contributed by atoms with Gasteiger partial charge in [-0.3, -0.25) is 14.5 Å². The maximum absolute atomic E-state index is 11.3. The minimum Gasteiger partial charge on any atom is -0.468 e. The van der Waals surface area contributed by atoms with Gasteiger partial charge in [-0.15, -0.1) is 0 Å². The van der Waals surface area contributed by atoms with Crippen molar-refractivity contribution in [2.45, 2.75) is 31.8 Å². The molecule has 1 atom stereocenters. The van der Waals surface area contributed by atoms with Crippen molar-refractivity contribution in [3.8, 4) is 0 Å². The first kappa shape index (κ1) is 14.9. The number of rotatable bonds is 5. The standard InChI is InChI=1S/C12H23N3O3/c1-9(12(17)18-3)14-10-4-6-15(7-5-10)8-11(16)13-2/h9-10,14H,4-8H2,1-3H3,(H,13,16). The molecule has 1 aliphatic heterocycles. The lowest BCUT2D eigenvalue weighted by molar-refractivity contribution is -0.142. The fourth-order valence-electron chi connectivity index (χ4n) is 2.14. The van der Waals surface area contributed by atoms with Crippen molar-refractivity contribution in [2.24, 2.45) is 0 Å². The van der Waals surface area contributed by atoms with Crippen LogP contribution in [-0.4, -0.2) is 62.7 Å². The van der Waals surface area contributed by atoms with Crippen molar-refractivity contribution in [3.63, 3.8) is 0 Å². The van der Waals surface area contributed by atoms with Gasteiger partial charge in [-0.1, -0.05) is 0 Å². The van der Waals surface area contributed by atoms with Crippen LogP contribution in [0.4, 0.5) is 0 Å². The third-order valence-electron chi connectivity index (χ3n) is 3.27. The summed E-state index contributed by atoms with van der Waals surface area (Å²) in [5.41, 5.74) is 0. The van der Waals surface area contributed by atoms with Gasteiger partial charge in [0.1, 0.15) is 6.04 Å². The predicted octanol–water partition coefficient (Wildman–Crippen LogP) is -0.652. The summed E-state index contributed by atoms with van der Waals surface area (Å²) in [7, 11) is 3.04. The lowest BCUT2D eigenvalue weighted by atomic mass is 10.0. The summed E-state index contributed by atoms with van der Waals surface area (Å²) in [5.74, 6) is -0.188. The number of carbonyl (C=O) groups is 2. The number of ether oxygens (including phenoxy) is 1. The Kier molecular flexibility index (Phi) is 6.07. The molecule has 1 saturated heterocycles. The molecule has 18 heavy (non-hydrogen) atoms. The van der Waals surface area contributed by atoms with E-state index in [2.05, 4.69) is 20.3 Å². The maximum atomic E-state index is 11.3. The second-order valence-corrected chi connectivity index (χ2v) is 4.64. The minimum absolute atomic E-state index is 0.0457. The zero-order valence-electron chi connectivity index (χ0n) is 11.4. The molecule has 2 N–H and O–H groups in total. The third kappa shape index (κ3) is 4.62. The quantitative estimate of drug-likeness (QED) is 0.640. The highest BCUT2D eigenvalue weighted by atomic mass is 16.5. The fourth-order valence-corrected chi connectivity index (χ4v) is 2.14. The van der Waals surface area contributed by atoms with Crippen LogP contribution >= 0.6 is 0 Å². The number of hydrogen-bond donors (Lipinski definition) is 2. The summed E-state index contributed by atoms with van der Waals surface area (Å²) < 4.78 is 4.68. The van der Waals surface area contributed by atoms with Crippen LogP contribution < -0.4 is 10.6 Å². The number of nitrogens with one attached hydrogen (secondary N) is 2. The van der Waals surface area contributed by atoms with Crippen molar-refractivity contribution < 1.29 is 14.3 Å². The Balaban J connectivity index is 2.27. The second-order valence-electron chi connectivity index (χ2n) is 4.64. The van der Waals surface area contributed by atoms with Gasteiger partial charge in [0.2, 0.25) is 5.91 Å². The number of methoxy groups -OCH3 is 1. The number of likely N-dealkylation sites (N-methyl/N-ethyl adjacent to an activating group) is 1. The summed E-state index contributed by atoms with van der Waals surface area (Å²) in [5, 5.41) is 5.88. The Hall–Kier alpha value is -1.14. The molecule has 1 fully saturated rings. The lowest BCUT2D eigenvalue weighted by Crippen LogP contribution is -2.49. The molecule has 0 aromatic rings. The van der Waals surface area contributed by atoms with E-state index < -0.39 is 0 Å². The molecule has 0 aromatic heterocycles. The van der Waals surface area contributed by atoms with Crippen LogP contribution in [0.2, 0.25) is 0 Å². The van der Waals surface area contributed by atoms with Crippen LogP contribution in [0, 0.1) is 0 Å². The van der Waals surface area contributed by atoms with Crippen LogP contribution in [0.25, 0.3) is 0 Å². The van der Waals surface area contributed by atoms with Crippen LogP contribution in [0.1, 0.15) is 19.8 Å². The SMILES string of the molecule is CNC(=O)CN1CCC(NC(C)C(=O)OC)CC1. The van der Waals surface area contributed by atoms with Crippen molar-refractivity contribution in [1.29, 1.82) is 0 Å². The zero-order valence-corrected chi connectivity index (χ0v) is 11.4. The van der Waals surface area contributed by atoms with Crippen molar-refractivity contribution >= 4 is 11.9 Å². The number of amides is 1. The molecular weight excluding hydrogens is 234 g/mol. The highest BCUT2D eigenvalue weighted by molar-refractivity contribution is 5.77. The van der Waals surface area contributed by atoms with E-state index in [-0.39, 0.29) is 17.9 Å². The second kappa shape index (κ2) is 7.33. The number of piperidine rings is 1. The molecule has 104 valence electrons. The van der Waals surface area contributed by atoms with Crippen molar-refractivity contribution in [1.82, 2.24) is 15.5 Å². The Morgan fingerprint density at radius 1 is 1.39 bits per heavy atom. The molecule has 1 rings (SSSR count). The van der Waals surface area contributed by atoms with Gasteiger partial charge in [0.05, 0.1) is 13.7 Å². The molecule has 1 aliphatic rings. The molecule has 6 heteroatoms. The Morgan fingerprint density at radius 3 is 2.50 bits per heavy atom. The molecule has 6 nitrogen and oxygen atoms in total. The maximum Gasteiger partial charge on any atom is 0.322 e. The summed E-state index contributed by atoms with van der Waals surface area (Å²) in [6.45, 7) is 4.01. The number of carbonyl (C=O) groups excluding carboxylic acids is 2. The monoisotopic (exact) mass is 257 g/mol. The van der Waals surface area contributed by atoms with Crippen LogP contribution in [0.5, 0.6) is 0 Å². The van der Waals surface area contributed by atoms with Gasteiger partial charge in [-0.05, 0) is 19.8 Å². The molecule has 0 spiro atoms. The highest BCUT2D eigenvalue weighted by Gasteiger charge is 2.23. The smallest absolute Gasteiger partial charge is 0.322 e. The molecule has 0 saturated carbocycles. The van der Waals surface area contributed by atoms with Crippen LogP contribution in [-0.2, 0) is 14.3 Å². The van der Waals surface area contributed by atoms with Crippen molar-refractivity contribution in [2.75, 3.05) is 33.8 Å². The van der Waals surface area contributed by atoms with E-state index in [1.165, 1.54) is 7.11 Å². The summed E-state index contributed by atoms with van der Waals surface area (Å²) in [4.78, 5) is 24.6. The molecule has 0 aromatic carbocycles. The molecule has 1 unspecified atom stereocenters. The molecule has 1 heterocycles. The van der Waals surface area contributed by atoms with E-state index >= 15 is 0 Å². The molecular formula is C12H23N3O3. The Morgan fingerprint density at radius 2 is 2.00 bits per heavy atom. The molecule has 0 radical (unpaired) electrons. The summed E-state index contributed by atoms with van der Waals surface area (Å²) in [6, 6.07) is 0.0468. The van der Waals surface area contributed by atoms with E-state index in [1.807, 2.05) is 6.92 Å². The van der Waals surface area contributed by atoms with Gasteiger partial charge in [0.15, 0.2) is 0 Å². The third-order valence-corrected chi connectivity index (χ3v) is 3.27. The number of hydrogen-bond acceptors (Lipinski definition) is 5. The minimum atomic E-state index is -0.273. The lowest BCUT2D eigenvalue weighted by Gasteiger charge is -2.32. The normalized spacial score (nSPS) is 19.3. The van der Waals surface area contributed by atoms with Crippen LogP contribution in [0.15, 0.2) is 0 Å². The number of likely N-dealkylation sites (tertiary alicyclic amines) is 1. The van der Waals surface area contributed by atoms with Gasteiger partial charge >= 0.3 is 5.97 Å². The Bertz CT molecular complexity index is 288. The van der Waals surface area contributed by atoms with Crippen molar-refractivity contribution in [3.05, 3.63) is 0 Å². The molecule has 0 aliphatic carbocycles. The summed E-state index contributed by atoms with van der Waals surface area (Å²) >= 11 is 0. The first-order valence-corrected chi connectivity index (χ1v) is 6.33. The van der Waals surface area contributed by atoms with E-state index in [1.54, 1.807) is 7.05 Å². The van der Waals surface area contributed by atoms with Gasteiger partial charge in [0, 0.05) is 26.2 Å². The van der Waals surface area contributed by atoms with Gasteiger partial charge in [0.25, 0.3) is 0 Å². The first-order valence-electron chi connectivity index (χ1n) is 6.33. The number of nitrogens with zero attached hydrogens (tertiary/aromatic N) is 1. The molecule has 0 bridgehead atoms. The fraction of sp³-hybridized carbons (Fsp3) is 0.833. The van der Waals surface area contributed by atoms with E-state index in [9.17, 15) is 9.59 Å². The number of esters is 1. The average molecular weight is 257 g/mol. The zero-order chi connectivity index (χ0) is 13.5. The average Bonchev–Trinajstić information content (AvgIpc) is 2.39. The Labute approximate surface area is 108 Å². The summed E-state index contributed by atoms with van der Waals surface area (Å²) in [6.07, 6.45) is 1.89. The van der Waals surface area contributed by atoms with Gasteiger partial charge < -0.3 is 15.4 Å². The topological polar surface area (TPSA) is 70.7 Å². The van der Waals surface area contributed by atoms with E-state index in [0.29, 0.717) is 12.6 Å². The van der Waals surface area contributed by atoms with E-state index in [0.717, 1.165) is 25.9 Å². The van der Waals surface area contributed by atoms with Gasteiger partial charge in [-0.25, -0.2) is 0 Å². The first-order chi connectivity index (χ1) is 8.56. The predicted molar refractivity (Wildman–Crippen MR) is 68.1 cm³/mol. The van der Waals surface area contributed by atoms with E-state index in [4.69, 9.17) is 0 Å². The van der Waals surface area contributed by atoms with Gasteiger partial charge in [-0.2, -0.15) is 0 Å². The largest absolute Gasteiger partial charge is 0.468 e. The highest BCUT2D eigenvalue weighted by Crippen LogP contribution is 2.10. The molecule has 1 amide bonds. The van der Waals surface area contributed by atoms with Crippen LogP contribution in [0.3, 0.4) is 0 Å².